The van der Waals surface area contributed by atoms with E-state index in [0.29, 0.717) is 0 Å². The Hall–Kier alpha value is -2.37. The molecule has 90 valence electrons. The highest BCUT2D eigenvalue weighted by atomic mass is 16.4. The topological polar surface area (TPSA) is 104 Å². The zero-order valence-corrected chi connectivity index (χ0v) is 8.79. The Labute approximate surface area is 96.9 Å². The van der Waals surface area contributed by atoms with Crippen LogP contribution in [0.25, 0.3) is 0 Å². The molecule has 17 heavy (non-hydrogen) atoms. The highest BCUT2D eigenvalue weighted by Gasteiger charge is 2.23. The van der Waals surface area contributed by atoms with E-state index in [1.807, 2.05) is 0 Å². The third-order valence-corrected chi connectivity index (χ3v) is 2.02. The Morgan fingerprint density at radius 2 is 1.71 bits per heavy atom. The maximum Gasteiger partial charge on any atom is 0.326 e. The first-order valence-electron chi connectivity index (χ1n) is 4.81. The molecule has 0 fully saturated rings. The van der Waals surface area contributed by atoms with E-state index in [1.54, 1.807) is 18.2 Å². The van der Waals surface area contributed by atoms with Gasteiger partial charge in [0.15, 0.2) is 0 Å². The number of hydrogen-bond donors (Lipinski definition) is 3. The van der Waals surface area contributed by atoms with E-state index in [2.05, 4.69) is 5.32 Å². The van der Waals surface area contributed by atoms with Gasteiger partial charge in [0, 0.05) is 5.56 Å². The minimum Gasteiger partial charge on any atom is -0.481 e. The van der Waals surface area contributed by atoms with E-state index in [0.717, 1.165) is 0 Å². The first-order valence-corrected chi connectivity index (χ1v) is 4.81. The van der Waals surface area contributed by atoms with E-state index in [1.165, 1.54) is 12.1 Å². The van der Waals surface area contributed by atoms with Crippen LogP contribution in [0.4, 0.5) is 0 Å². The fourth-order valence-corrected chi connectivity index (χ4v) is 1.21. The summed E-state index contributed by atoms with van der Waals surface area (Å²) in [4.78, 5) is 32.7. The molecule has 0 unspecified atom stereocenters. The number of rotatable bonds is 5. The van der Waals surface area contributed by atoms with Crippen LogP contribution in [0.3, 0.4) is 0 Å². The van der Waals surface area contributed by atoms with Gasteiger partial charge in [0.05, 0.1) is 6.42 Å². The van der Waals surface area contributed by atoms with Crippen molar-refractivity contribution in [3.8, 4) is 0 Å². The number of carboxylic acids is 2. The summed E-state index contributed by atoms with van der Waals surface area (Å²) in [6.07, 6.45) is -0.659. The van der Waals surface area contributed by atoms with Crippen LogP contribution in [0.5, 0.6) is 0 Å². The molecular weight excluding hydrogens is 226 g/mol. The quantitative estimate of drug-likeness (QED) is 0.685. The molecule has 6 nitrogen and oxygen atoms in total. The number of benzene rings is 1. The second-order valence-electron chi connectivity index (χ2n) is 3.33. The van der Waals surface area contributed by atoms with Gasteiger partial charge in [0.2, 0.25) is 0 Å². The summed E-state index contributed by atoms with van der Waals surface area (Å²) in [5.41, 5.74) is 0.282. The molecule has 6 heteroatoms. The maximum atomic E-state index is 11.6. The zero-order chi connectivity index (χ0) is 12.8. The minimum atomic E-state index is -1.43. The molecule has 0 saturated heterocycles. The Morgan fingerprint density at radius 3 is 2.18 bits per heavy atom. The third kappa shape index (κ3) is 3.94. The first-order chi connectivity index (χ1) is 8.00. The normalized spacial score (nSPS) is 11.5. The van der Waals surface area contributed by atoms with Gasteiger partial charge in [-0.2, -0.15) is 0 Å². The lowest BCUT2D eigenvalue weighted by molar-refractivity contribution is -0.145. The van der Waals surface area contributed by atoms with Crippen molar-refractivity contribution >= 4 is 17.8 Å². The van der Waals surface area contributed by atoms with Crippen LogP contribution < -0.4 is 5.32 Å². The van der Waals surface area contributed by atoms with Crippen molar-refractivity contribution in [1.82, 2.24) is 5.32 Å². The minimum absolute atomic E-state index is 0.282. The van der Waals surface area contributed by atoms with E-state index in [4.69, 9.17) is 10.2 Å². The summed E-state index contributed by atoms with van der Waals surface area (Å²) in [6.45, 7) is 0. The molecule has 0 radical (unpaired) electrons. The van der Waals surface area contributed by atoms with Crippen molar-refractivity contribution in [2.24, 2.45) is 0 Å². The summed E-state index contributed by atoms with van der Waals surface area (Å²) in [7, 11) is 0. The van der Waals surface area contributed by atoms with Crippen LogP contribution in [0.2, 0.25) is 0 Å². The summed E-state index contributed by atoms with van der Waals surface area (Å²) >= 11 is 0. The van der Waals surface area contributed by atoms with Crippen LogP contribution >= 0.6 is 0 Å². The van der Waals surface area contributed by atoms with Crippen LogP contribution in [-0.2, 0) is 9.59 Å². The van der Waals surface area contributed by atoms with Gasteiger partial charge in [0.25, 0.3) is 5.91 Å². The number of carbonyl (C=O) groups is 3. The van der Waals surface area contributed by atoms with Crippen molar-refractivity contribution in [3.63, 3.8) is 0 Å². The van der Waals surface area contributed by atoms with Gasteiger partial charge in [-0.3, -0.25) is 9.59 Å². The van der Waals surface area contributed by atoms with Gasteiger partial charge < -0.3 is 15.5 Å². The van der Waals surface area contributed by atoms with Gasteiger partial charge in [-0.1, -0.05) is 18.2 Å². The molecule has 1 amide bonds. The van der Waals surface area contributed by atoms with Crippen LogP contribution in [0.1, 0.15) is 16.8 Å². The lowest BCUT2D eigenvalue weighted by atomic mass is 10.1. The molecule has 1 atom stereocenters. The van der Waals surface area contributed by atoms with Gasteiger partial charge in [0.1, 0.15) is 6.04 Å². The van der Waals surface area contributed by atoms with Crippen LogP contribution in [0.15, 0.2) is 30.3 Å². The fourth-order valence-electron chi connectivity index (χ4n) is 1.21. The average molecular weight is 237 g/mol. The molecule has 0 heterocycles. The van der Waals surface area contributed by atoms with Crippen molar-refractivity contribution in [2.45, 2.75) is 12.5 Å². The second kappa shape index (κ2) is 5.64. The van der Waals surface area contributed by atoms with E-state index >= 15 is 0 Å². The zero-order valence-electron chi connectivity index (χ0n) is 8.79. The molecule has 1 aromatic carbocycles. The molecule has 0 aliphatic carbocycles. The molecule has 1 rings (SSSR count). The largest absolute Gasteiger partial charge is 0.481 e. The standard InChI is InChI=1S/C11H11NO5/c13-9(14)6-8(11(16)17)12-10(15)7-4-2-1-3-5-7/h1-5,8H,6H2,(H,12,15)(H,13,14)(H,16,17)/t8-/m1/s1. The van der Waals surface area contributed by atoms with Gasteiger partial charge in [-0.25, -0.2) is 4.79 Å². The van der Waals surface area contributed by atoms with Gasteiger partial charge >= 0.3 is 11.9 Å². The van der Waals surface area contributed by atoms with E-state index < -0.39 is 30.3 Å². The molecule has 0 bridgehead atoms. The fraction of sp³-hybridized carbons (Fsp3) is 0.182. The van der Waals surface area contributed by atoms with Gasteiger partial charge in [-0.15, -0.1) is 0 Å². The predicted octanol–water partition coefficient (Wildman–Crippen LogP) is 0.344. The third-order valence-electron chi connectivity index (χ3n) is 2.02. The Kier molecular flexibility index (Phi) is 4.21. The van der Waals surface area contributed by atoms with Crippen molar-refractivity contribution in [3.05, 3.63) is 35.9 Å². The number of hydrogen-bond acceptors (Lipinski definition) is 3. The van der Waals surface area contributed by atoms with Crippen molar-refractivity contribution in [2.75, 3.05) is 0 Å². The predicted molar refractivity (Wildman–Crippen MR) is 57.6 cm³/mol. The monoisotopic (exact) mass is 237 g/mol. The van der Waals surface area contributed by atoms with E-state index in [9.17, 15) is 14.4 Å². The van der Waals surface area contributed by atoms with Crippen LogP contribution in [0, 0.1) is 0 Å². The molecule has 0 spiro atoms. The molecular formula is C11H11NO5. The molecule has 3 N–H and O–H groups in total. The van der Waals surface area contributed by atoms with Crippen LogP contribution in [-0.4, -0.2) is 34.1 Å². The number of amides is 1. The van der Waals surface area contributed by atoms with Crippen molar-refractivity contribution < 1.29 is 24.6 Å². The maximum absolute atomic E-state index is 11.6. The van der Waals surface area contributed by atoms with E-state index in [-0.39, 0.29) is 5.56 Å². The lowest BCUT2D eigenvalue weighted by Crippen LogP contribution is -2.42. The Balaban J connectivity index is 2.71. The van der Waals surface area contributed by atoms with Gasteiger partial charge in [-0.05, 0) is 12.1 Å². The molecule has 0 aromatic heterocycles. The molecule has 0 saturated carbocycles. The molecule has 0 aliphatic rings. The number of nitrogens with one attached hydrogen (secondary N) is 1. The second-order valence-corrected chi connectivity index (χ2v) is 3.33. The molecule has 1 aromatic rings. The summed E-state index contributed by atoms with van der Waals surface area (Å²) in [6, 6.07) is 6.55. The average Bonchev–Trinajstić information content (AvgIpc) is 2.28. The Morgan fingerprint density at radius 1 is 1.12 bits per heavy atom. The number of aliphatic carboxylic acids is 2. The summed E-state index contributed by atoms with van der Waals surface area (Å²) in [5.74, 6) is -3.28. The summed E-state index contributed by atoms with van der Waals surface area (Å²) in [5, 5.41) is 19.4. The summed E-state index contributed by atoms with van der Waals surface area (Å²) < 4.78 is 0. The first kappa shape index (κ1) is 12.7. The number of carboxylic acid groups (broad SMARTS) is 2. The molecule has 0 aliphatic heterocycles. The highest BCUT2D eigenvalue weighted by Crippen LogP contribution is 2.00. The number of carbonyl (C=O) groups excluding carboxylic acids is 1. The lowest BCUT2D eigenvalue weighted by Gasteiger charge is -2.12. The Bertz CT molecular complexity index is 429. The van der Waals surface area contributed by atoms with Crippen molar-refractivity contribution in [1.29, 1.82) is 0 Å². The SMILES string of the molecule is O=C(O)C[C@@H](NC(=O)c1ccccc1)C(=O)O. The smallest absolute Gasteiger partial charge is 0.326 e. The highest BCUT2D eigenvalue weighted by molar-refractivity contribution is 5.97.